The topological polar surface area (TPSA) is 40.2 Å². The lowest BCUT2D eigenvalue weighted by molar-refractivity contribution is 0.0246. The number of morpholine rings is 2. The molecule has 4 aliphatic heterocycles. The van der Waals surface area contributed by atoms with Gasteiger partial charge in [-0.25, -0.2) is 4.39 Å². The van der Waals surface area contributed by atoms with E-state index in [1.54, 1.807) is 0 Å². The molecule has 0 amide bonds. The van der Waals surface area contributed by atoms with Gasteiger partial charge in [-0.05, 0) is 66.4 Å². The Bertz CT molecular complexity index is 1060. The third kappa shape index (κ3) is 4.55. The van der Waals surface area contributed by atoms with Gasteiger partial charge in [-0.3, -0.25) is 4.90 Å². The van der Waals surface area contributed by atoms with Gasteiger partial charge in [0.2, 0.25) is 0 Å². The second-order valence-electron chi connectivity index (χ2n) is 10.3. The fourth-order valence-electron chi connectivity index (χ4n) is 6.33. The number of hydrogen-bond donors (Lipinski definition) is 1. The molecule has 0 radical (unpaired) electrons. The number of alkyl halides is 1. The lowest BCUT2D eigenvalue weighted by Crippen LogP contribution is -2.44. The maximum absolute atomic E-state index is 13.5. The molecule has 0 aromatic heterocycles. The van der Waals surface area contributed by atoms with Crippen molar-refractivity contribution in [2.75, 3.05) is 76.1 Å². The van der Waals surface area contributed by atoms with E-state index in [1.165, 1.54) is 39.2 Å². The Morgan fingerprint density at radius 1 is 1.00 bits per heavy atom. The van der Waals surface area contributed by atoms with E-state index in [-0.39, 0.29) is 6.10 Å². The summed E-state index contributed by atoms with van der Waals surface area (Å²) < 4.78 is 24.7. The molecule has 2 aromatic carbocycles. The van der Waals surface area contributed by atoms with E-state index in [4.69, 9.17) is 9.47 Å². The summed E-state index contributed by atoms with van der Waals surface area (Å²) in [4.78, 5) is 7.37. The molecular weight excluding hydrogens is 443 g/mol. The van der Waals surface area contributed by atoms with Crippen molar-refractivity contribution in [3.8, 4) is 0 Å². The van der Waals surface area contributed by atoms with Crippen LogP contribution in [0.2, 0.25) is 0 Å². The van der Waals surface area contributed by atoms with E-state index in [1.807, 2.05) is 0 Å². The maximum atomic E-state index is 13.5. The summed E-state index contributed by atoms with van der Waals surface area (Å²) in [5, 5.41) is 3.56. The number of rotatable bonds is 4. The van der Waals surface area contributed by atoms with Gasteiger partial charge < -0.3 is 24.6 Å². The predicted octanol–water partition coefficient (Wildman–Crippen LogP) is 3.07. The van der Waals surface area contributed by atoms with E-state index in [9.17, 15) is 4.39 Å². The molecule has 0 aliphatic carbocycles. The first-order chi connectivity index (χ1) is 17.2. The van der Waals surface area contributed by atoms with Crippen molar-refractivity contribution in [1.82, 2.24) is 10.2 Å². The van der Waals surface area contributed by atoms with Crippen LogP contribution in [-0.4, -0.2) is 77.3 Å². The minimum absolute atomic E-state index is 0.314. The van der Waals surface area contributed by atoms with Crippen molar-refractivity contribution in [1.29, 1.82) is 0 Å². The zero-order valence-electron chi connectivity index (χ0n) is 20.8. The highest BCUT2D eigenvalue weighted by atomic mass is 19.1. The van der Waals surface area contributed by atoms with Crippen molar-refractivity contribution in [2.24, 2.45) is 0 Å². The molecule has 0 bridgehead atoms. The van der Waals surface area contributed by atoms with Crippen LogP contribution >= 0.6 is 0 Å². The van der Waals surface area contributed by atoms with Crippen LogP contribution in [0.1, 0.15) is 33.9 Å². The molecule has 2 saturated heterocycles. The Kier molecular flexibility index (Phi) is 6.67. The first-order valence-corrected chi connectivity index (χ1v) is 13.1. The lowest BCUT2D eigenvalue weighted by atomic mass is 9.86. The van der Waals surface area contributed by atoms with E-state index in [2.05, 4.69) is 57.4 Å². The molecule has 2 atom stereocenters. The molecule has 188 valence electrons. The van der Waals surface area contributed by atoms with Crippen LogP contribution in [0, 0.1) is 0 Å². The maximum Gasteiger partial charge on any atom is 0.117 e. The molecule has 2 aromatic rings. The summed E-state index contributed by atoms with van der Waals surface area (Å²) in [6.07, 6.45) is 1.69. The van der Waals surface area contributed by atoms with E-state index < -0.39 is 6.67 Å². The summed E-state index contributed by atoms with van der Waals surface area (Å²) in [6.45, 7) is 7.98. The van der Waals surface area contributed by atoms with E-state index in [0.29, 0.717) is 19.2 Å². The highest BCUT2D eigenvalue weighted by Gasteiger charge is 2.31. The van der Waals surface area contributed by atoms with Crippen molar-refractivity contribution in [2.45, 2.75) is 38.1 Å². The number of ether oxygens (including phenoxy) is 2. The van der Waals surface area contributed by atoms with Gasteiger partial charge in [0.05, 0.1) is 19.8 Å². The van der Waals surface area contributed by atoms with Crippen molar-refractivity contribution in [3.05, 3.63) is 58.1 Å². The summed E-state index contributed by atoms with van der Waals surface area (Å²) in [5.74, 6) is 0. The Labute approximate surface area is 208 Å². The summed E-state index contributed by atoms with van der Waals surface area (Å²) in [7, 11) is 2.25. The number of halogens is 1. The molecule has 4 heterocycles. The van der Waals surface area contributed by atoms with Crippen molar-refractivity contribution >= 4 is 11.4 Å². The molecule has 2 unspecified atom stereocenters. The third-order valence-corrected chi connectivity index (χ3v) is 8.19. The molecule has 1 N–H and O–H groups in total. The molecule has 0 saturated carbocycles. The Morgan fingerprint density at radius 3 is 2.71 bits per heavy atom. The molecule has 0 spiro atoms. The summed E-state index contributed by atoms with van der Waals surface area (Å²) in [6, 6.07) is 11.9. The fraction of sp³-hybridized carbons (Fsp3) is 0.571. The van der Waals surface area contributed by atoms with Gasteiger partial charge in [-0.15, -0.1) is 0 Å². The van der Waals surface area contributed by atoms with Gasteiger partial charge in [-0.1, -0.05) is 18.2 Å². The molecule has 4 aliphatic rings. The monoisotopic (exact) mass is 480 g/mol. The number of fused-ring (bicyclic) bond motifs is 2. The summed E-state index contributed by atoms with van der Waals surface area (Å²) >= 11 is 0. The van der Waals surface area contributed by atoms with Gasteiger partial charge in [0.25, 0.3) is 0 Å². The standard InChI is InChI=1S/C28H37FN4O2/c1-31-18-20-3-2-4-26(32-7-10-34-11-8-32)25(20)15-27(31)21-13-22-17-30-6-5-24(22)28(14-21)33-9-12-35-23(16-29)19-33/h2-4,13-14,23,27,30H,5-12,15-19H2,1H3. The largest absolute Gasteiger partial charge is 0.378 e. The smallest absolute Gasteiger partial charge is 0.117 e. The SMILES string of the molecule is CN1Cc2cccc(N3CCOCC3)c2CC1c1cc2c(c(N3CCOC(CF)C3)c1)CCNC2. The Balaban J connectivity index is 1.36. The van der Waals surface area contributed by atoms with Gasteiger partial charge in [0.15, 0.2) is 0 Å². The second-order valence-corrected chi connectivity index (χ2v) is 10.3. The Morgan fingerprint density at radius 2 is 1.86 bits per heavy atom. The normalized spacial score (nSPS) is 25.3. The minimum Gasteiger partial charge on any atom is -0.378 e. The van der Waals surface area contributed by atoms with Crippen LogP contribution < -0.4 is 15.1 Å². The lowest BCUT2D eigenvalue weighted by Gasteiger charge is -2.40. The number of benzene rings is 2. The first-order valence-electron chi connectivity index (χ1n) is 13.1. The van der Waals surface area contributed by atoms with Gasteiger partial charge in [0.1, 0.15) is 12.8 Å². The molecular formula is C28H37FN4O2. The average molecular weight is 481 g/mol. The first kappa shape index (κ1) is 23.2. The molecule has 35 heavy (non-hydrogen) atoms. The molecule has 6 rings (SSSR count). The number of hydrogen-bond acceptors (Lipinski definition) is 6. The molecule has 7 heteroatoms. The van der Waals surface area contributed by atoms with Crippen LogP contribution in [0.3, 0.4) is 0 Å². The quantitative estimate of drug-likeness (QED) is 0.726. The summed E-state index contributed by atoms with van der Waals surface area (Å²) in [5.41, 5.74) is 9.79. The zero-order valence-corrected chi connectivity index (χ0v) is 20.8. The fourth-order valence-corrected chi connectivity index (χ4v) is 6.33. The minimum atomic E-state index is -0.424. The highest BCUT2D eigenvalue weighted by molar-refractivity contribution is 5.62. The van der Waals surface area contributed by atoms with Gasteiger partial charge in [0, 0.05) is 56.7 Å². The number of likely N-dealkylation sites (N-methyl/N-ethyl adjacent to an activating group) is 1. The van der Waals surface area contributed by atoms with E-state index >= 15 is 0 Å². The van der Waals surface area contributed by atoms with Crippen LogP contribution in [0.5, 0.6) is 0 Å². The van der Waals surface area contributed by atoms with Crippen LogP contribution in [0.4, 0.5) is 15.8 Å². The van der Waals surface area contributed by atoms with Crippen molar-refractivity contribution < 1.29 is 13.9 Å². The third-order valence-electron chi connectivity index (χ3n) is 8.19. The molecule has 2 fully saturated rings. The number of nitrogens with zero attached hydrogens (tertiary/aromatic N) is 3. The number of anilines is 2. The van der Waals surface area contributed by atoms with E-state index in [0.717, 1.165) is 65.3 Å². The van der Waals surface area contributed by atoms with Crippen LogP contribution in [-0.2, 0) is 35.4 Å². The highest BCUT2D eigenvalue weighted by Crippen LogP contribution is 2.40. The second kappa shape index (κ2) is 10.1. The van der Waals surface area contributed by atoms with Crippen molar-refractivity contribution in [3.63, 3.8) is 0 Å². The van der Waals surface area contributed by atoms with Gasteiger partial charge in [-0.2, -0.15) is 0 Å². The van der Waals surface area contributed by atoms with Crippen LogP contribution in [0.15, 0.2) is 30.3 Å². The average Bonchev–Trinajstić information content (AvgIpc) is 2.92. The zero-order chi connectivity index (χ0) is 23.8. The predicted molar refractivity (Wildman–Crippen MR) is 137 cm³/mol. The molecule has 6 nitrogen and oxygen atoms in total. The number of nitrogens with one attached hydrogen (secondary N) is 1. The van der Waals surface area contributed by atoms with Gasteiger partial charge >= 0.3 is 0 Å². The Hall–Kier alpha value is -2.19. The van der Waals surface area contributed by atoms with Crippen LogP contribution in [0.25, 0.3) is 0 Å².